The van der Waals surface area contributed by atoms with Crippen LogP contribution in [0.1, 0.15) is 11.1 Å². The Morgan fingerprint density at radius 3 is 2.50 bits per heavy atom. The third kappa shape index (κ3) is 3.27. The number of nitrogens with zero attached hydrogens (tertiary/aromatic N) is 1. The molecule has 0 unspecified atom stereocenters. The van der Waals surface area contributed by atoms with E-state index in [1.165, 1.54) is 30.0 Å². The molecule has 0 aromatic heterocycles. The van der Waals surface area contributed by atoms with Gasteiger partial charge in [-0.25, -0.2) is 8.78 Å². The summed E-state index contributed by atoms with van der Waals surface area (Å²) in [5, 5.41) is 11.4. The fraction of sp³-hybridized carbons (Fsp3) is 0.0714. The van der Waals surface area contributed by atoms with Gasteiger partial charge in [0.15, 0.2) is 5.84 Å². The van der Waals surface area contributed by atoms with E-state index in [0.29, 0.717) is 11.3 Å². The van der Waals surface area contributed by atoms with E-state index in [2.05, 4.69) is 5.16 Å². The lowest BCUT2D eigenvalue weighted by Crippen LogP contribution is -2.15. The normalized spacial score (nSPS) is 11.6. The van der Waals surface area contributed by atoms with Crippen LogP contribution in [-0.4, -0.2) is 11.0 Å². The molecule has 0 bridgehead atoms. The van der Waals surface area contributed by atoms with E-state index in [1.807, 2.05) is 0 Å². The molecule has 0 heterocycles. The lowest BCUT2D eigenvalue weighted by atomic mass is 10.1. The lowest BCUT2D eigenvalue weighted by molar-refractivity contribution is 0.318. The SMILES string of the molecule is N/C(=N/O)c1cccc(CSc2ccc(F)cc2)c1F. The first-order valence-electron chi connectivity index (χ1n) is 5.75. The molecule has 20 heavy (non-hydrogen) atoms. The molecule has 104 valence electrons. The van der Waals surface area contributed by atoms with Crippen LogP contribution in [0.15, 0.2) is 52.5 Å². The maximum absolute atomic E-state index is 14.1. The first-order chi connectivity index (χ1) is 9.61. The van der Waals surface area contributed by atoms with Gasteiger partial charge in [-0.1, -0.05) is 17.3 Å². The van der Waals surface area contributed by atoms with Crippen molar-refractivity contribution in [3.05, 3.63) is 65.2 Å². The minimum atomic E-state index is -0.516. The Hall–Kier alpha value is -2.08. The van der Waals surface area contributed by atoms with Crippen LogP contribution in [0.25, 0.3) is 0 Å². The summed E-state index contributed by atoms with van der Waals surface area (Å²) in [5.74, 6) is -0.729. The minimum absolute atomic E-state index is 0.0599. The summed E-state index contributed by atoms with van der Waals surface area (Å²) in [4.78, 5) is 0.833. The van der Waals surface area contributed by atoms with Gasteiger partial charge in [-0.3, -0.25) is 0 Å². The average Bonchev–Trinajstić information content (AvgIpc) is 2.47. The fourth-order valence-electron chi connectivity index (χ4n) is 1.63. The van der Waals surface area contributed by atoms with Crippen LogP contribution >= 0.6 is 11.8 Å². The molecule has 0 aliphatic heterocycles. The van der Waals surface area contributed by atoms with E-state index in [1.54, 1.807) is 24.3 Å². The van der Waals surface area contributed by atoms with E-state index in [-0.39, 0.29) is 17.2 Å². The second-order valence-electron chi connectivity index (χ2n) is 4.01. The molecule has 0 atom stereocenters. The molecule has 0 saturated carbocycles. The molecule has 3 N–H and O–H groups in total. The van der Waals surface area contributed by atoms with Gasteiger partial charge in [0.2, 0.25) is 0 Å². The maximum atomic E-state index is 14.1. The summed E-state index contributed by atoms with van der Waals surface area (Å²) >= 11 is 1.37. The van der Waals surface area contributed by atoms with E-state index < -0.39 is 5.82 Å². The number of hydrogen-bond donors (Lipinski definition) is 2. The molecule has 0 radical (unpaired) electrons. The zero-order chi connectivity index (χ0) is 14.5. The summed E-state index contributed by atoms with van der Waals surface area (Å²) in [7, 11) is 0. The number of hydrogen-bond acceptors (Lipinski definition) is 3. The van der Waals surface area contributed by atoms with Crippen molar-refractivity contribution in [2.75, 3.05) is 0 Å². The van der Waals surface area contributed by atoms with E-state index in [4.69, 9.17) is 10.9 Å². The number of rotatable bonds is 4. The van der Waals surface area contributed by atoms with Gasteiger partial charge in [0.1, 0.15) is 11.6 Å². The second kappa shape index (κ2) is 6.38. The van der Waals surface area contributed by atoms with Crippen LogP contribution < -0.4 is 5.73 Å². The highest BCUT2D eigenvalue weighted by molar-refractivity contribution is 7.98. The van der Waals surface area contributed by atoms with Gasteiger partial charge in [0, 0.05) is 10.6 Å². The molecule has 0 spiro atoms. The molecule has 2 rings (SSSR count). The number of thioether (sulfide) groups is 1. The topological polar surface area (TPSA) is 58.6 Å². The number of amidine groups is 1. The van der Waals surface area contributed by atoms with E-state index in [0.717, 1.165) is 4.90 Å². The average molecular weight is 294 g/mol. The van der Waals surface area contributed by atoms with Gasteiger partial charge < -0.3 is 10.9 Å². The van der Waals surface area contributed by atoms with Gasteiger partial charge in [-0.15, -0.1) is 11.8 Å². The van der Waals surface area contributed by atoms with Gasteiger partial charge in [0.25, 0.3) is 0 Å². The van der Waals surface area contributed by atoms with Crippen molar-refractivity contribution in [1.82, 2.24) is 0 Å². The molecule has 0 aliphatic rings. The van der Waals surface area contributed by atoms with Crippen LogP contribution in [0.4, 0.5) is 8.78 Å². The first kappa shape index (κ1) is 14.3. The number of oxime groups is 1. The molecule has 3 nitrogen and oxygen atoms in total. The smallest absolute Gasteiger partial charge is 0.173 e. The van der Waals surface area contributed by atoms with Gasteiger partial charge >= 0.3 is 0 Å². The number of halogens is 2. The molecule has 2 aromatic carbocycles. The van der Waals surface area contributed by atoms with Crippen molar-refractivity contribution in [3.8, 4) is 0 Å². The third-order valence-corrected chi connectivity index (χ3v) is 3.73. The zero-order valence-corrected chi connectivity index (χ0v) is 11.2. The largest absolute Gasteiger partial charge is 0.409 e. The van der Waals surface area contributed by atoms with Crippen molar-refractivity contribution >= 4 is 17.6 Å². The Morgan fingerprint density at radius 1 is 1.15 bits per heavy atom. The predicted molar refractivity (Wildman–Crippen MR) is 74.9 cm³/mol. The highest BCUT2D eigenvalue weighted by Gasteiger charge is 2.11. The Labute approximate surface area is 119 Å². The standard InChI is InChI=1S/C14H12F2N2OS/c15-10-4-6-11(7-5-10)20-8-9-2-1-3-12(13(9)16)14(17)18-19/h1-7,19H,8H2,(H2,17,18). The number of nitrogens with two attached hydrogens (primary N) is 1. The van der Waals surface area contributed by atoms with Crippen LogP contribution in [0.2, 0.25) is 0 Å². The molecule has 0 aliphatic carbocycles. The summed E-state index contributed by atoms with van der Waals surface area (Å²) in [5.41, 5.74) is 5.89. The van der Waals surface area contributed by atoms with Gasteiger partial charge in [-0.2, -0.15) is 0 Å². The summed E-state index contributed by atoms with van der Waals surface area (Å²) < 4.78 is 26.9. The highest BCUT2D eigenvalue weighted by atomic mass is 32.2. The van der Waals surface area contributed by atoms with Crippen LogP contribution in [0, 0.1) is 11.6 Å². The van der Waals surface area contributed by atoms with Crippen molar-refractivity contribution in [2.24, 2.45) is 10.9 Å². The quantitative estimate of drug-likeness (QED) is 0.299. The third-order valence-electron chi connectivity index (χ3n) is 2.67. The molecule has 2 aromatic rings. The van der Waals surface area contributed by atoms with E-state index >= 15 is 0 Å². The number of benzene rings is 2. The summed E-state index contributed by atoms with van der Waals surface area (Å²) in [6.45, 7) is 0. The Bertz CT molecular complexity index is 630. The summed E-state index contributed by atoms with van der Waals surface area (Å²) in [6, 6.07) is 10.7. The van der Waals surface area contributed by atoms with Crippen LogP contribution in [0.5, 0.6) is 0 Å². The Morgan fingerprint density at radius 2 is 1.85 bits per heavy atom. The Balaban J connectivity index is 2.16. The van der Waals surface area contributed by atoms with Crippen molar-refractivity contribution < 1.29 is 14.0 Å². The molecule has 0 amide bonds. The Kier molecular flexibility index (Phi) is 4.57. The van der Waals surface area contributed by atoms with Crippen molar-refractivity contribution in [1.29, 1.82) is 0 Å². The highest BCUT2D eigenvalue weighted by Crippen LogP contribution is 2.25. The lowest BCUT2D eigenvalue weighted by Gasteiger charge is -2.07. The second-order valence-corrected chi connectivity index (χ2v) is 5.06. The maximum Gasteiger partial charge on any atom is 0.173 e. The van der Waals surface area contributed by atoms with Crippen LogP contribution in [-0.2, 0) is 5.75 Å². The van der Waals surface area contributed by atoms with Crippen molar-refractivity contribution in [3.63, 3.8) is 0 Å². The van der Waals surface area contributed by atoms with Gasteiger partial charge in [0.05, 0.1) is 5.56 Å². The monoisotopic (exact) mass is 294 g/mol. The zero-order valence-electron chi connectivity index (χ0n) is 10.4. The molecule has 0 fully saturated rings. The minimum Gasteiger partial charge on any atom is -0.409 e. The summed E-state index contributed by atoms with van der Waals surface area (Å²) in [6.07, 6.45) is 0. The van der Waals surface area contributed by atoms with E-state index in [9.17, 15) is 8.78 Å². The van der Waals surface area contributed by atoms with Crippen LogP contribution in [0.3, 0.4) is 0 Å². The van der Waals surface area contributed by atoms with Crippen molar-refractivity contribution in [2.45, 2.75) is 10.6 Å². The fourth-order valence-corrected chi connectivity index (χ4v) is 2.51. The predicted octanol–water partition coefficient (Wildman–Crippen LogP) is 3.35. The molecule has 0 saturated heterocycles. The van der Waals surface area contributed by atoms with Gasteiger partial charge in [-0.05, 0) is 35.9 Å². The first-order valence-corrected chi connectivity index (χ1v) is 6.74. The molecular formula is C14H12F2N2OS. The molecular weight excluding hydrogens is 282 g/mol. The molecule has 6 heteroatoms.